The van der Waals surface area contributed by atoms with Gasteiger partial charge in [-0.25, -0.2) is 0 Å². The van der Waals surface area contributed by atoms with E-state index in [0.717, 1.165) is 57.9 Å². The molecule has 2 saturated carbocycles. The van der Waals surface area contributed by atoms with Gasteiger partial charge >= 0.3 is 221 Å². The van der Waals surface area contributed by atoms with Crippen LogP contribution in [0.1, 0.15) is 75.7 Å². The molecule has 3 aromatic heterocycles. The SMILES string of the molecule is CC(F)c1nnc(-c2c(C3CC3)nc3c(N4CC(C=O)NC(C)(C)C4)cc(SNC4(C)CC4)cn23)[se]1.CN. The van der Waals surface area contributed by atoms with Crippen molar-refractivity contribution in [2.45, 2.75) is 87.5 Å². The molecule has 6 rings (SSSR count). The van der Waals surface area contributed by atoms with Gasteiger partial charge in [-0.3, -0.25) is 0 Å². The maximum absolute atomic E-state index is 14.1. The van der Waals surface area contributed by atoms with Gasteiger partial charge < -0.3 is 5.73 Å². The first-order valence-electron chi connectivity index (χ1n) is 13.2. The van der Waals surface area contributed by atoms with Crippen molar-refractivity contribution in [1.82, 2.24) is 29.6 Å². The molecule has 12 heteroatoms. The van der Waals surface area contributed by atoms with Crippen LogP contribution in [0, 0.1) is 0 Å². The summed E-state index contributed by atoms with van der Waals surface area (Å²) in [5.74, 6) is 0.403. The van der Waals surface area contributed by atoms with E-state index in [1.807, 2.05) is 0 Å². The van der Waals surface area contributed by atoms with Crippen molar-refractivity contribution in [3.8, 4) is 10.3 Å². The van der Waals surface area contributed by atoms with Crippen molar-refractivity contribution >= 4 is 44.1 Å². The number of aromatic nitrogens is 4. The number of carbonyl (C=O) groups is 1. The number of hydrogen-bond acceptors (Lipinski definition) is 9. The second-order valence-corrected chi connectivity index (χ2v) is 14.3. The van der Waals surface area contributed by atoms with E-state index in [1.54, 1.807) is 11.9 Å². The maximum Gasteiger partial charge on any atom is -0.0195 e. The number of nitrogens with zero attached hydrogens (tertiary/aromatic N) is 5. The summed E-state index contributed by atoms with van der Waals surface area (Å²) >= 11 is 1.38. The van der Waals surface area contributed by atoms with E-state index in [1.165, 1.54) is 26.8 Å². The van der Waals surface area contributed by atoms with E-state index in [-0.39, 0.29) is 31.6 Å². The van der Waals surface area contributed by atoms with Gasteiger partial charge in [0.15, 0.2) is 0 Å². The van der Waals surface area contributed by atoms with Crippen LogP contribution in [-0.2, 0) is 4.79 Å². The van der Waals surface area contributed by atoms with Crippen molar-refractivity contribution in [1.29, 1.82) is 0 Å². The third-order valence-electron chi connectivity index (χ3n) is 7.15. The largest absolute Gasteiger partial charge is 0.333 e. The Morgan fingerprint density at radius 1 is 1.29 bits per heavy atom. The predicted octanol–water partition coefficient (Wildman–Crippen LogP) is 3.24. The van der Waals surface area contributed by atoms with Crippen LogP contribution in [0.25, 0.3) is 15.9 Å². The Hall–Kier alpha value is -1.82. The van der Waals surface area contributed by atoms with Crippen LogP contribution in [0.15, 0.2) is 17.2 Å². The zero-order valence-electron chi connectivity index (χ0n) is 22.6. The van der Waals surface area contributed by atoms with E-state index < -0.39 is 6.17 Å². The van der Waals surface area contributed by atoms with Crippen LogP contribution >= 0.6 is 11.9 Å². The smallest absolute Gasteiger partial charge is 0.0195 e. The predicted molar refractivity (Wildman–Crippen MR) is 151 cm³/mol. The number of carbonyl (C=O) groups excluding carboxylic acids is 1. The summed E-state index contributed by atoms with van der Waals surface area (Å²) in [5.41, 5.74) is 8.37. The minimum atomic E-state index is -1.09. The molecule has 4 N–H and O–H groups in total. The fourth-order valence-corrected chi connectivity index (χ4v) is 7.48. The Balaban J connectivity index is 0.00000144. The molecule has 3 aliphatic rings. The zero-order chi connectivity index (χ0) is 27.2. The van der Waals surface area contributed by atoms with Crippen molar-refractivity contribution in [3.63, 3.8) is 0 Å². The van der Waals surface area contributed by atoms with Crippen LogP contribution in [0.3, 0.4) is 0 Å². The summed E-state index contributed by atoms with van der Waals surface area (Å²) < 4.78 is 21.2. The topological polar surface area (TPSA) is 113 Å². The molecule has 0 amide bonds. The minimum Gasteiger partial charge on any atom is -0.333 e. The molecule has 2 aliphatic carbocycles. The van der Waals surface area contributed by atoms with E-state index in [0.29, 0.717) is 17.0 Å². The van der Waals surface area contributed by atoms with Crippen LogP contribution in [0.4, 0.5) is 10.1 Å². The van der Waals surface area contributed by atoms with Gasteiger partial charge in [0.2, 0.25) is 0 Å². The first-order valence-corrected chi connectivity index (χ1v) is 15.7. The Bertz CT molecular complexity index is 1320. The molecule has 2 unspecified atom stereocenters. The normalized spacial score (nSPS) is 22.6. The Morgan fingerprint density at radius 2 is 2.03 bits per heavy atom. The summed E-state index contributed by atoms with van der Waals surface area (Å²) in [4.78, 5) is 20.4. The minimum absolute atomic E-state index is 0.176. The van der Waals surface area contributed by atoms with Crippen molar-refractivity contribution < 1.29 is 9.18 Å². The molecule has 0 bridgehead atoms. The maximum atomic E-state index is 14.1. The average molecular weight is 608 g/mol. The Kier molecular flexibility index (Phi) is 7.76. The standard InChI is InChI=1S/C25H32FN7OSSe.CH5N/c1-14(26)22-29-30-23(36-22)20-19(15-5-6-15)27-21-18(32-10-16(12-34)28-24(2,3)13-32)9-17(11-33(20)21)35-31-25(4)7-8-25;1-2/h9,11-12,14-16,28,31H,5-8,10,13H2,1-4H3;2H2,1H3. The molecule has 1 saturated heterocycles. The van der Waals surface area contributed by atoms with Gasteiger partial charge in [0, 0.05) is 0 Å². The molecule has 9 nitrogen and oxygen atoms in total. The number of anilines is 1. The molecule has 4 heterocycles. The van der Waals surface area contributed by atoms with E-state index >= 15 is 0 Å². The molecule has 38 heavy (non-hydrogen) atoms. The van der Waals surface area contributed by atoms with Gasteiger partial charge in [-0.1, -0.05) is 0 Å². The van der Waals surface area contributed by atoms with Gasteiger partial charge in [0.05, 0.1) is 0 Å². The van der Waals surface area contributed by atoms with Crippen molar-refractivity contribution in [3.05, 3.63) is 22.5 Å². The average Bonchev–Trinajstić information content (AvgIpc) is 3.78. The number of hydrogen-bond donors (Lipinski definition) is 3. The van der Waals surface area contributed by atoms with Crippen LogP contribution in [-0.4, -0.2) is 77.6 Å². The van der Waals surface area contributed by atoms with Crippen LogP contribution in [0.2, 0.25) is 0 Å². The van der Waals surface area contributed by atoms with Gasteiger partial charge in [0.1, 0.15) is 0 Å². The van der Waals surface area contributed by atoms with Gasteiger partial charge in [-0.2, -0.15) is 0 Å². The molecule has 0 radical (unpaired) electrons. The Morgan fingerprint density at radius 3 is 2.63 bits per heavy atom. The van der Waals surface area contributed by atoms with Crippen LogP contribution < -0.4 is 20.7 Å². The third-order valence-corrected chi connectivity index (χ3v) is 10.5. The number of pyridine rings is 1. The van der Waals surface area contributed by atoms with Gasteiger partial charge in [-0.05, 0) is 7.05 Å². The second kappa shape index (κ2) is 10.6. The molecule has 0 aromatic carbocycles. The van der Waals surface area contributed by atoms with Crippen LogP contribution in [0.5, 0.6) is 0 Å². The molecule has 0 spiro atoms. The van der Waals surface area contributed by atoms with Gasteiger partial charge in [-0.15, -0.1) is 0 Å². The fraction of sp³-hybridized carbons (Fsp3) is 0.615. The number of nitrogens with two attached hydrogens (primary N) is 1. The Labute approximate surface area is 233 Å². The quantitative estimate of drug-likeness (QED) is 0.202. The summed E-state index contributed by atoms with van der Waals surface area (Å²) in [5, 5.41) is 12.1. The second-order valence-electron chi connectivity index (χ2n) is 11.4. The first-order chi connectivity index (χ1) is 18.1. The first kappa shape index (κ1) is 27.7. The number of halogens is 1. The molecular formula is C26H37FN8OSSe. The number of aldehydes is 1. The molecular weight excluding hydrogens is 570 g/mol. The molecule has 2 atom stereocenters. The summed E-state index contributed by atoms with van der Waals surface area (Å²) in [6, 6.07) is 1.94. The number of fused-ring (bicyclic) bond motifs is 1. The van der Waals surface area contributed by atoms with Crippen molar-refractivity contribution in [2.24, 2.45) is 5.73 Å². The summed E-state index contributed by atoms with van der Waals surface area (Å²) in [6.07, 6.45) is 6.60. The molecule has 206 valence electrons. The molecule has 3 fully saturated rings. The van der Waals surface area contributed by atoms with Crippen molar-refractivity contribution in [2.75, 3.05) is 25.0 Å². The molecule has 3 aromatic rings. The number of nitrogens with one attached hydrogen (secondary N) is 2. The van der Waals surface area contributed by atoms with E-state index in [9.17, 15) is 9.18 Å². The number of piperazine rings is 1. The summed E-state index contributed by atoms with van der Waals surface area (Å²) in [7, 11) is 1.50. The monoisotopic (exact) mass is 608 g/mol. The number of imidazole rings is 1. The van der Waals surface area contributed by atoms with E-state index in [2.05, 4.69) is 68.3 Å². The third kappa shape index (κ3) is 5.71. The number of rotatable bonds is 8. The number of alkyl halides is 1. The molecule has 1 aliphatic heterocycles. The summed E-state index contributed by atoms with van der Waals surface area (Å²) in [6.45, 7) is 9.36. The fourth-order valence-electron chi connectivity index (χ4n) is 4.86. The zero-order valence-corrected chi connectivity index (χ0v) is 25.2. The van der Waals surface area contributed by atoms with E-state index in [4.69, 9.17) is 4.98 Å². The van der Waals surface area contributed by atoms with Gasteiger partial charge in [0.25, 0.3) is 0 Å².